The van der Waals surface area contributed by atoms with Gasteiger partial charge in [0.05, 0.1) is 7.11 Å². The van der Waals surface area contributed by atoms with Crippen molar-refractivity contribution in [2.24, 2.45) is 0 Å². The summed E-state index contributed by atoms with van der Waals surface area (Å²) in [5.41, 5.74) is 0.962. The maximum absolute atomic E-state index is 12.6. The van der Waals surface area contributed by atoms with Crippen LogP contribution in [0.3, 0.4) is 0 Å². The van der Waals surface area contributed by atoms with Gasteiger partial charge in [-0.15, -0.1) is 11.8 Å². The Bertz CT molecular complexity index is 766. The summed E-state index contributed by atoms with van der Waals surface area (Å²) in [5.74, 6) is -0.340. The molecule has 1 N–H and O–H groups in total. The van der Waals surface area contributed by atoms with Crippen LogP contribution in [0.5, 0.6) is 11.5 Å². The van der Waals surface area contributed by atoms with E-state index in [4.69, 9.17) is 4.74 Å². The van der Waals surface area contributed by atoms with E-state index in [1.165, 1.54) is 25.3 Å². The number of carbonyl (C=O) groups excluding carboxylic acids is 1. The fourth-order valence-corrected chi connectivity index (χ4v) is 2.55. The zero-order valence-electron chi connectivity index (χ0n) is 13.7. The number of para-hydroxylation sites is 1. The zero-order chi connectivity index (χ0) is 18.2. The van der Waals surface area contributed by atoms with Crippen LogP contribution in [0, 0.1) is 0 Å². The number of alkyl halides is 2. The molecule has 0 spiro atoms. The standard InChI is InChI=1S/C18H17F2NO3S/c1-23-15-8-3-5-12(17(15)24-18(19)20)9-10-16(22)21-13-6-4-7-14(11-13)25-2/h3-11,18H,1-2H3,(H,21,22)/b10-9+. The van der Waals surface area contributed by atoms with Gasteiger partial charge in [0.25, 0.3) is 0 Å². The molecule has 0 radical (unpaired) electrons. The largest absolute Gasteiger partial charge is 0.493 e. The monoisotopic (exact) mass is 365 g/mol. The van der Waals surface area contributed by atoms with E-state index in [1.54, 1.807) is 30.0 Å². The van der Waals surface area contributed by atoms with Crippen molar-refractivity contribution in [3.05, 3.63) is 54.1 Å². The molecule has 132 valence electrons. The van der Waals surface area contributed by atoms with Crippen LogP contribution >= 0.6 is 11.8 Å². The Morgan fingerprint density at radius 2 is 2.00 bits per heavy atom. The van der Waals surface area contributed by atoms with Crippen molar-refractivity contribution in [3.8, 4) is 11.5 Å². The highest BCUT2D eigenvalue weighted by molar-refractivity contribution is 7.98. The second-order valence-electron chi connectivity index (χ2n) is 4.81. The molecule has 25 heavy (non-hydrogen) atoms. The van der Waals surface area contributed by atoms with Gasteiger partial charge >= 0.3 is 6.61 Å². The highest BCUT2D eigenvalue weighted by Gasteiger charge is 2.14. The van der Waals surface area contributed by atoms with Crippen LogP contribution < -0.4 is 14.8 Å². The van der Waals surface area contributed by atoms with Crippen LogP contribution in [0.2, 0.25) is 0 Å². The van der Waals surface area contributed by atoms with E-state index < -0.39 is 6.61 Å². The number of hydrogen-bond donors (Lipinski definition) is 1. The molecule has 0 fully saturated rings. The van der Waals surface area contributed by atoms with Gasteiger partial charge in [-0.05, 0) is 36.6 Å². The van der Waals surface area contributed by atoms with Crippen molar-refractivity contribution in [1.29, 1.82) is 0 Å². The molecule has 2 aromatic carbocycles. The summed E-state index contributed by atoms with van der Waals surface area (Å²) in [7, 11) is 1.35. The first-order valence-corrected chi connectivity index (χ1v) is 8.51. The van der Waals surface area contributed by atoms with Crippen LogP contribution in [0.4, 0.5) is 14.5 Å². The van der Waals surface area contributed by atoms with Crippen molar-refractivity contribution in [2.45, 2.75) is 11.5 Å². The van der Waals surface area contributed by atoms with E-state index in [1.807, 2.05) is 24.5 Å². The van der Waals surface area contributed by atoms with Gasteiger partial charge in [-0.2, -0.15) is 8.78 Å². The Balaban J connectivity index is 2.16. The minimum Gasteiger partial charge on any atom is -0.493 e. The molecule has 7 heteroatoms. The van der Waals surface area contributed by atoms with Gasteiger partial charge in [-0.3, -0.25) is 4.79 Å². The zero-order valence-corrected chi connectivity index (χ0v) is 14.5. The lowest BCUT2D eigenvalue weighted by atomic mass is 10.1. The van der Waals surface area contributed by atoms with Gasteiger partial charge in [-0.25, -0.2) is 0 Å². The predicted octanol–water partition coefficient (Wildman–Crippen LogP) is 4.67. The molecule has 1 amide bonds. The molecule has 0 saturated heterocycles. The van der Waals surface area contributed by atoms with Crippen LogP contribution in [0.1, 0.15) is 5.56 Å². The summed E-state index contributed by atoms with van der Waals surface area (Å²) < 4.78 is 34.7. The molecule has 0 aliphatic heterocycles. The van der Waals surface area contributed by atoms with Crippen LogP contribution in [-0.4, -0.2) is 25.9 Å². The van der Waals surface area contributed by atoms with E-state index in [9.17, 15) is 13.6 Å². The lowest BCUT2D eigenvalue weighted by molar-refractivity contribution is -0.111. The second kappa shape index (κ2) is 9.08. The minimum absolute atomic E-state index is 0.117. The summed E-state index contributed by atoms with van der Waals surface area (Å²) in [4.78, 5) is 13.1. The number of hydrogen-bond acceptors (Lipinski definition) is 4. The summed E-state index contributed by atoms with van der Waals surface area (Å²) in [6.07, 6.45) is 4.58. The van der Waals surface area contributed by atoms with Gasteiger partial charge in [0.15, 0.2) is 11.5 Å². The number of amides is 1. The average molecular weight is 365 g/mol. The van der Waals surface area contributed by atoms with Crippen LogP contribution in [0.25, 0.3) is 6.08 Å². The van der Waals surface area contributed by atoms with Crippen molar-refractivity contribution < 1.29 is 23.0 Å². The topological polar surface area (TPSA) is 47.6 Å². The number of benzene rings is 2. The quantitative estimate of drug-likeness (QED) is 0.572. The summed E-state index contributed by atoms with van der Waals surface area (Å²) in [6.45, 7) is -2.99. The third-order valence-corrected chi connectivity index (χ3v) is 3.91. The third kappa shape index (κ3) is 5.49. The molecular formula is C18H17F2NO3S. The molecule has 0 bridgehead atoms. The lowest BCUT2D eigenvalue weighted by Gasteiger charge is -2.12. The number of nitrogens with one attached hydrogen (secondary N) is 1. The molecule has 0 aliphatic carbocycles. The molecule has 0 heterocycles. The Morgan fingerprint density at radius 3 is 2.68 bits per heavy atom. The van der Waals surface area contributed by atoms with Crippen molar-refractivity contribution >= 4 is 29.4 Å². The molecule has 0 aliphatic rings. The number of anilines is 1. The SMILES string of the molecule is COc1cccc(/C=C/C(=O)Nc2cccc(SC)c2)c1OC(F)F. The summed E-state index contributed by atoms with van der Waals surface area (Å²) >= 11 is 1.56. The Hall–Kier alpha value is -2.54. The molecular weight excluding hydrogens is 348 g/mol. The number of carbonyl (C=O) groups is 1. The Kier molecular flexibility index (Phi) is 6.82. The Morgan fingerprint density at radius 1 is 1.24 bits per heavy atom. The van der Waals surface area contributed by atoms with Crippen LogP contribution in [0.15, 0.2) is 53.4 Å². The maximum atomic E-state index is 12.6. The Labute approximate surface area is 148 Å². The number of methoxy groups -OCH3 is 1. The smallest absolute Gasteiger partial charge is 0.387 e. The second-order valence-corrected chi connectivity index (χ2v) is 5.69. The molecule has 0 saturated carbocycles. The van der Waals surface area contributed by atoms with Gasteiger partial charge in [-0.1, -0.05) is 18.2 Å². The van der Waals surface area contributed by atoms with Gasteiger partial charge in [0, 0.05) is 22.2 Å². The van der Waals surface area contributed by atoms with Gasteiger partial charge in [0.2, 0.25) is 5.91 Å². The minimum atomic E-state index is -2.99. The highest BCUT2D eigenvalue weighted by atomic mass is 32.2. The first-order valence-electron chi connectivity index (χ1n) is 7.28. The first-order chi connectivity index (χ1) is 12.0. The molecule has 0 atom stereocenters. The summed E-state index contributed by atoms with van der Waals surface area (Å²) in [6, 6.07) is 12.1. The normalized spacial score (nSPS) is 10.9. The van der Waals surface area contributed by atoms with E-state index >= 15 is 0 Å². The van der Waals surface area contributed by atoms with Crippen molar-refractivity contribution in [1.82, 2.24) is 0 Å². The van der Waals surface area contributed by atoms with Crippen molar-refractivity contribution in [2.75, 3.05) is 18.7 Å². The number of halogens is 2. The lowest BCUT2D eigenvalue weighted by Crippen LogP contribution is -2.08. The molecule has 2 aromatic rings. The fraction of sp³-hybridized carbons (Fsp3) is 0.167. The molecule has 0 unspecified atom stereocenters. The first kappa shape index (κ1) is 18.8. The van der Waals surface area contributed by atoms with Gasteiger partial charge in [0.1, 0.15) is 0 Å². The predicted molar refractivity (Wildman–Crippen MR) is 95.5 cm³/mol. The van der Waals surface area contributed by atoms with E-state index in [0.29, 0.717) is 11.3 Å². The number of thioether (sulfide) groups is 1. The van der Waals surface area contributed by atoms with Crippen LogP contribution in [-0.2, 0) is 4.79 Å². The molecule has 4 nitrogen and oxygen atoms in total. The molecule has 2 rings (SSSR count). The average Bonchev–Trinajstić information content (AvgIpc) is 2.60. The third-order valence-electron chi connectivity index (χ3n) is 3.19. The van der Waals surface area contributed by atoms with Crippen molar-refractivity contribution in [3.63, 3.8) is 0 Å². The van der Waals surface area contributed by atoms with E-state index in [-0.39, 0.29) is 17.4 Å². The highest BCUT2D eigenvalue weighted by Crippen LogP contribution is 2.33. The fourth-order valence-electron chi connectivity index (χ4n) is 2.09. The number of ether oxygens (including phenoxy) is 2. The summed E-state index contributed by atoms with van der Waals surface area (Å²) in [5, 5.41) is 2.72. The number of rotatable bonds is 7. The maximum Gasteiger partial charge on any atom is 0.387 e. The van der Waals surface area contributed by atoms with E-state index in [0.717, 1.165) is 4.90 Å². The molecule has 0 aromatic heterocycles. The van der Waals surface area contributed by atoms with E-state index in [2.05, 4.69) is 10.1 Å². The van der Waals surface area contributed by atoms with Gasteiger partial charge < -0.3 is 14.8 Å².